The van der Waals surface area contributed by atoms with Gasteiger partial charge in [-0.3, -0.25) is 19.3 Å². The van der Waals surface area contributed by atoms with Crippen molar-refractivity contribution in [1.29, 1.82) is 0 Å². The van der Waals surface area contributed by atoms with Gasteiger partial charge in [0.15, 0.2) is 0 Å². The number of anilines is 2. The molecule has 2 saturated heterocycles. The number of rotatable bonds is 5. The zero-order valence-corrected chi connectivity index (χ0v) is 23.5. The molecular weight excluding hydrogens is 566 g/mol. The summed E-state index contributed by atoms with van der Waals surface area (Å²) >= 11 is 12.6. The molecular formula is C31H27Cl2FN4O3. The Hall–Kier alpha value is -3.46. The van der Waals surface area contributed by atoms with Crippen molar-refractivity contribution in [2.45, 2.75) is 36.8 Å². The van der Waals surface area contributed by atoms with Gasteiger partial charge in [-0.15, -0.1) is 0 Å². The standard InChI is InChI=1S/C31H27Cl2FN4O3/c32-18-8-11-21-23(14-18)36-30(41)31(21)26(20-2-1-3-22(33)27(20)34)25-24(38(31)15-16-4-5-16)12-13-37(29(25)40)19-9-6-17(7-10-19)28(35)39/h1-3,6-11,14,16,24-26H,4-5,12-13,15H2,(H2,35,39)(H,36,41)/t24-,25+,26?,31+/m0/s1. The van der Waals surface area contributed by atoms with Crippen LogP contribution in [-0.4, -0.2) is 41.8 Å². The third kappa shape index (κ3) is 3.91. The third-order valence-electron chi connectivity index (χ3n) is 9.20. The molecule has 0 aromatic heterocycles. The van der Waals surface area contributed by atoms with Crippen molar-refractivity contribution in [3.05, 3.63) is 93.2 Å². The Morgan fingerprint density at radius 2 is 1.80 bits per heavy atom. The largest absolute Gasteiger partial charge is 0.366 e. The number of carbonyl (C=O) groups excluding carboxylic acids is 3. The summed E-state index contributed by atoms with van der Waals surface area (Å²) in [7, 11) is 0. The van der Waals surface area contributed by atoms with Gasteiger partial charge in [0.05, 0.1) is 10.9 Å². The van der Waals surface area contributed by atoms with E-state index < -0.39 is 29.1 Å². The minimum Gasteiger partial charge on any atom is -0.366 e. The Balaban J connectivity index is 1.43. The fraction of sp³-hybridized carbons (Fsp3) is 0.323. The van der Waals surface area contributed by atoms with Crippen LogP contribution in [0.3, 0.4) is 0 Å². The molecule has 4 aliphatic rings. The Labute approximate surface area is 246 Å². The van der Waals surface area contributed by atoms with E-state index in [1.165, 1.54) is 6.07 Å². The van der Waals surface area contributed by atoms with Crippen LogP contribution in [0.15, 0.2) is 60.7 Å². The maximum absolute atomic E-state index is 16.0. The van der Waals surface area contributed by atoms with Gasteiger partial charge in [-0.1, -0.05) is 41.4 Å². The molecule has 3 aromatic carbocycles. The lowest BCUT2D eigenvalue weighted by atomic mass is 9.70. The number of hydrogen-bond acceptors (Lipinski definition) is 4. The number of nitrogens with two attached hydrogens (primary N) is 1. The second-order valence-electron chi connectivity index (χ2n) is 11.4. The third-order valence-corrected chi connectivity index (χ3v) is 9.72. The molecule has 1 saturated carbocycles. The first kappa shape index (κ1) is 26.4. The van der Waals surface area contributed by atoms with Crippen LogP contribution in [0.1, 0.15) is 46.7 Å². The second-order valence-corrected chi connectivity index (χ2v) is 12.3. The van der Waals surface area contributed by atoms with Crippen LogP contribution in [0.4, 0.5) is 15.8 Å². The molecule has 3 N–H and O–H groups in total. The number of nitrogens with one attached hydrogen (secondary N) is 1. The van der Waals surface area contributed by atoms with Crippen molar-refractivity contribution in [3.63, 3.8) is 0 Å². The Morgan fingerprint density at radius 1 is 1.05 bits per heavy atom. The van der Waals surface area contributed by atoms with Crippen molar-refractivity contribution in [2.75, 3.05) is 23.3 Å². The van der Waals surface area contributed by atoms with Crippen molar-refractivity contribution < 1.29 is 18.8 Å². The van der Waals surface area contributed by atoms with Crippen LogP contribution in [-0.2, 0) is 15.1 Å². The molecule has 3 amide bonds. The number of amides is 3. The predicted molar refractivity (Wildman–Crippen MR) is 155 cm³/mol. The molecule has 0 radical (unpaired) electrons. The molecule has 210 valence electrons. The summed E-state index contributed by atoms with van der Waals surface area (Å²) in [6.45, 7) is 1.03. The zero-order valence-electron chi connectivity index (χ0n) is 21.9. The molecule has 1 unspecified atom stereocenters. The summed E-state index contributed by atoms with van der Waals surface area (Å²) in [4.78, 5) is 44.4. The summed E-state index contributed by atoms with van der Waals surface area (Å²) < 4.78 is 16.0. The molecule has 41 heavy (non-hydrogen) atoms. The maximum Gasteiger partial charge on any atom is 0.250 e. The normalized spacial score (nSPS) is 27.2. The van der Waals surface area contributed by atoms with Gasteiger partial charge in [-0.05, 0) is 73.2 Å². The van der Waals surface area contributed by atoms with Crippen LogP contribution in [0.2, 0.25) is 10.0 Å². The van der Waals surface area contributed by atoms with Crippen LogP contribution >= 0.6 is 23.2 Å². The minimum absolute atomic E-state index is 0.0632. The summed E-state index contributed by atoms with van der Waals surface area (Å²) in [6, 6.07) is 16.3. The summed E-state index contributed by atoms with van der Waals surface area (Å²) in [5.74, 6) is -2.88. The van der Waals surface area contributed by atoms with E-state index in [1.54, 1.807) is 53.4 Å². The topological polar surface area (TPSA) is 95.7 Å². The van der Waals surface area contributed by atoms with Gasteiger partial charge in [0.2, 0.25) is 17.7 Å². The zero-order chi connectivity index (χ0) is 28.6. The van der Waals surface area contributed by atoms with Crippen LogP contribution in [0, 0.1) is 17.7 Å². The van der Waals surface area contributed by atoms with Crippen molar-refractivity contribution in [2.24, 2.45) is 17.6 Å². The van der Waals surface area contributed by atoms with Gasteiger partial charge in [-0.2, -0.15) is 0 Å². The Bertz CT molecular complexity index is 1610. The molecule has 7 nitrogen and oxygen atoms in total. The molecule has 3 aromatic rings. The number of piperidine rings is 1. The molecule has 0 bridgehead atoms. The first-order valence-electron chi connectivity index (χ1n) is 13.7. The van der Waals surface area contributed by atoms with E-state index in [9.17, 15) is 14.4 Å². The van der Waals surface area contributed by atoms with Gasteiger partial charge in [-0.25, -0.2) is 4.39 Å². The number of likely N-dealkylation sites (tertiary alicyclic amines) is 1. The van der Waals surface area contributed by atoms with E-state index in [4.69, 9.17) is 28.9 Å². The number of hydrogen-bond donors (Lipinski definition) is 2. The molecule has 1 aliphatic carbocycles. The van der Waals surface area contributed by atoms with E-state index in [2.05, 4.69) is 10.2 Å². The van der Waals surface area contributed by atoms with Crippen molar-refractivity contribution in [1.82, 2.24) is 4.90 Å². The van der Waals surface area contributed by atoms with Crippen LogP contribution in [0.25, 0.3) is 0 Å². The smallest absolute Gasteiger partial charge is 0.250 e. The van der Waals surface area contributed by atoms with Gasteiger partial charge in [0.25, 0.3) is 0 Å². The highest BCUT2D eigenvalue weighted by molar-refractivity contribution is 6.31. The van der Waals surface area contributed by atoms with Crippen LogP contribution < -0.4 is 16.0 Å². The van der Waals surface area contributed by atoms with Crippen LogP contribution in [0.5, 0.6) is 0 Å². The van der Waals surface area contributed by atoms with Gasteiger partial charge in [0, 0.05) is 52.6 Å². The number of carbonyl (C=O) groups is 3. The molecule has 10 heteroatoms. The summed E-state index contributed by atoms with van der Waals surface area (Å²) in [5, 5.41) is 3.43. The van der Waals surface area contributed by atoms with Crippen molar-refractivity contribution >= 4 is 52.3 Å². The minimum atomic E-state index is -1.33. The molecule has 1 spiro atoms. The first-order chi connectivity index (χ1) is 19.7. The lowest BCUT2D eigenvalue weighted by molar-refractivity contribution is -0.128. The quantitative estimate of drug-likeness (QED) is 0.419. The Kier molecular flexibility index (Phi) is 6.15. The van der Waals surface area contributed by atoms with E-state index in [-0.39, 0.29) is 28.4 Å². The van der Waals surface area contributed by atoms with Gasteiger partial charge < -0.3 is 16.0 Å². The highest BCUT2D eigenvalue weighted by Crippen LogP contribution is 2.62. The molecule has 3 heterocycles. The van der Waals surface area contributed by atoms with E-state index in [0.29, 0.717) is 53.0 Å². The van der Waals surface area contributed by atoms with Gasteiger partial charge in [0.1, 0.15) is 11.4 Å². The van der Waals surface area contributed by atoms with E-state index >= 15 is 4.39 Å². The monoisotopic (exact) mass is 592 g/mol. The fourth-order valence-electron chi connectivity index (χ4n) is 7.30. The van der Waals surface area contributed by atoms with E-state index in [1.807, 2.05) is 6.07 Å². The lowest BCUT2D eigenvalue weighted by Crippen LogP contribution is -2.54. The average molecular weight is 593 g/mol. The highest BCUT2D eigenvalue weighted by atomic mass is 35.5. The van der Waals surface area contributed by atoms with E-state index in [0.717, 1.165) is 12.8 Å². The molecule has 4 atom stereocenters. The Morgan fingerprint density at radius 3 is 2.51 bits per heavy atom. The number of nitrogens with zero attached hydrogens (tertiary/aromatic N) is 2. The molecule has 7 rings (SSSR count). The highest BCUT2D eigenvalue weighted by Gasteiger charge is 2.70. The maximum atomic E-state index is 16.0. The summed E-state index contributed by atoms with van der Waals surface area (Å²) in [6.07, 6.45) is 2.67. The number of primary amides is 1. The second kappa shape index (κ2) is 9.54. The summed E-state index contributed by atoms with van der Waals surface area (Å²) in [5.41, 5.74) is 6.54. The number of halogens is 3. The van der Waals surface area contributed by atoms with Gasteiger partial charge >= 0.3 is 0 Å². The lowest BCUT2D eigenvalue weighted by Gasteiger charge is -2.40. The molecule has 3 aliphatic heterocycles. The number of fused-ring (bicyclic) bond motifs is 3. The molecule has 3 fully saturated rings. The number of benzene rings is 3. The average Bonchev–Trinajstić information content (AvgIpc) is 3.67. The SMILES string of the molecule is NC(=O)c1ccc(N2CC[C@H]3[C@@H](C2=O)C(c2cccc(Cl)c2F)[C@]2(C(=O)Nc4cc(Cl)ccc42)N3CC2CC2)cc1. The predicted octanol–water partition coefficient (Wildman–Crippen LogP) is 5.31. The fourth-order valence-corrected chi connectivity index (χ4v) is 7.65. The van der Waals surface area contributed by atoms with Crippen molar-refractivity contribution in [3.8, 4) is 0 Å². The first-order valence-corrected chi connectivity index (χ1v) is 14.5.